The molecule has 0 bridgehead atoms. The van der Waals surface area contributed by atoms with E-state index in [9.17, 15) is 4.39 Å². The first-order valence-electron chi connectivity index (χ1n) is 6.66. The molecule has 0 unspecified atom stereocenters. The van der Waals surface area contributed by atoms with E-state index < -0.39 is 0 Å². The lowest BCUT2D eigenvalue weighted by atomic mass is 10.2. The number of rotatable bonds is 4. The fourth-order valence-electron chi connectivity index (χ4n) is 2.17. The predicted molar refractivity (Wildman–Crippen MR) is 78.4 cm³/mol. The van der Waals surface area contributed by atoms with Crippen LogP contribution in [0.1, 0.15) is 29.8 Å². The Labute approximate surface area is 125 Å². The van der Waals surface area contributed by atoms with Crippen molar-refractivity contribution in [3.8, 4) is 5.82 Å². The molecule has 0 radical (unpaired) electrons. The zero-order chi connectivity index (χ0) is 14.3. The van der Waals surface area contributed by atoms with Crippen LogP contribution in [0.3, 0.4) is 0 Å². The van der Waals surface area contributed by atoms with Crippen LogP contribution in [0.5, 0.6) is 0 Å². The SMILES string of the molecule is Cc1nn(-c2ncc(F)cc2CNC2CC2)c(C)c1Br. The number of hydrogen-bond donors (Lipinski definition) is 1. The van der Waals surface area contributed by atoms with Gasteiger partial charge in [-0.15, -0.1) is 0 Å². The molecule has 1 aliphatic rings. The molecule has 1 saturated carbocycles. The highest BCUT2D eigenvalue weighted by molar-refractivity contribution is 9.10. The van der Waals surface area contributed by atoms with E-state index in [0.29, 0.717) is 18.4 Å². The third-order valence-corrected chi connectivity index (χ3v) is 4.62. The summed E-state index contributed by atoms with van der Waals surface area (Å²) in [5, 5.41) is 7.86. The number of nitrogens with zero attached hydrogens (tertiary/aromatic N) is 3. The highest BCUT2D eigenvalue weighted by atomic mass is 79.9. The molecule has 6 heteroatoms. The highest BCUT2D eigenvalue weighted by Gasteiger charge is 2.22. The third kappa shape index (κ3) is 2.62. The van der Waals surface area contributed by atoms with Crippen LogP contribution in [0, 0.1) is 19.7 Å². The van der Waals surface area contributed by atoms with Crippen LogP contribution >= 0.6 is 15.9 Å². The molecule has 0 spiro atoms. The molecule has 0 saturated heterocycles. The van der Waals surface area contributed by atoms with Crippen LogP contribution in [0.4, 0.5) is 4.39 Å². The van der Waals surface area contributed by atoms with Gasteiger partial charge in [0.05, 0.1) is 22.1 Å². The van der Waals surface area contributed by atoms with Crippen molar-refractivity contribution in [1.29, 1.82) is 0 Å². The van der Waals surface area contributed by atoms with Crippen LogP contribution < -0.4 is 5.32 Å². The van der Waals surface area contributed by atoms with Gasteiger partial charge in [-0.05, 0) is 48.7 Å². The molecule has 3 rings (SSSR count). The molecular formula is C14H16BrFN4. The molecule has 20 heavy (non-hydrogen) atoms. The van der Waals surface area contributed by atoms with E-state index in [4.69, 9.17) is 0 Å². The second-order valence-electron chi connectivity index (χ2n) is 5.19. The minimum absolute atomic E-state index is 0.318. The van der Waals surface area contributed by atoms with Crippen LogP contribution in [0.25, 0.3) is 5.82 Å². The first-order valence-corrected chi connectivity index (χ1v) is 7.45. The zero-order valence-electron chi connectivity index (χ0n) is 11.5. The predicted octanol–water partition coefficient (Wildman–Crippen LogP) is 3.04. The van der Waals surface area contributed by atoms with Gasteiger partial charge in [0.25, 0.3) is 0 Å². The van der Waals surface area contributed by atoms with Gasteiger partial charge in [-0.2, -0.15) is 5.10 Å². The van der Waals surface area contributed by atoms with Crippen LogP contribution in [0.15, 0.2) is 16.7 Å². The van der Waals surface area contributed by atoms with Crippen molar-refractivity contribution >= 4 is 15.9 Å². The van der Waals surface area contributed by atoms with Gasteiger partial charge in [0.1, 0.15) is 5.82 Å². The van der Waals surface area contributed by atoms with Gasteiger partial charge in [-0.25, -0.2) is 14.1 Å². The second kappa shape index (κ2) is 5.26. The molecule has 0 aliphatic heterocycles. The van der Waals surface area contributed by atoms with E-state index in [1.54, 1.807) is 4.68 Å². The van der Waals surface area contributed by atoms with Crippen molar-refractivity contribution in [2.75, 3.05) is 0 Å². The van der Waals surface area contributed by atoms with Gasteiger partial charge in [-0.1, -0.05) is 0 Å². The van der Waals surface area contributed by atoms with E-state index in [0.717, 1.165) is 21.4 Å². The summed E-state index contributed by atoms with van der Waals surface area (Å²) in [6, 6.07) is 2.10. The maximum absolute atomic E-state index is 13.5. The Morgan fingerprint density at radius 2 is 2.20 bits per heavy atom. The minimum Gasteiger partial charge on any atom is -0.310 e. The second-order valence-corrected chi connectivity index (χ2v) is 5.98. The largest absolute Gasteiger partial charge is 0.310 e. The zero-order valence-corrected chi connectivity index (χ0v) is 13.0. The number of nitrogens with one attached hydrogen (secondary N) is 1. The van der Waals surface area contributed by atoms with Crippen molar-refractivity contribution in [3.05, 3.63) is 39.5 Å². The lowest BCUT2D eigenvalue weighted by Gasteiger charge is -2.11. The van der Waals surface area contributed by atoms with Crippen molar-refractivity contribution in [1.82, 2.24) is 20.1 Å². The van der Waals surface area contributed by atoms with Gasteiger partial charge in [0, 0.05) is 18.2 Å². The van der Waals surface area contributed by atoms with E-state index in [-0.39, 0.29) is 5.82 Å². The molecule has 1 fully saturated rings. The van der Waals surface area contributed by atoms with Crippen LogP contribution in [-0.2, 0) is 6.54 Å². The molecule has 2 heterocycles. The Hall–Kier alpha value is -1.27. The lowest BCUT2D eigenvalue weighted by Crippen LogP contribution is -2.18. The number of aryl methyl sites for hydroxylation is 1. The van der Waals surface area contributed by atoms with Gasteiger partial charge in [-0.3, -0.25) is 0 Å². The van der Waals surface area contributed by atoms with E-state index in [2.05, 4.69) is 31.3 Å². The first kappa shape index (κ1) is 13.7. The van der Waals surface area contributed by atoms with Crippen LogP contribution in [0.2, 0.25) is 0 Å². The molecule has 0 amide bonds. The van der Waals surface area contributed by atoms with Crippen molar-refractivity contribution in [3.63, 3.8) is 0 Å². The van der Waals surface area contributed by atoms with Crippen LogP contribution in [-0.4, -0.2) is 20.8 Å². The third-order valence-electron chi connectivity index (χ3n) is 3.47. The molecule has 2 aromatic rings. The maximum Gasteiger partial charge on any atom is 0.158 e. The molecular weight excluding hydrogens is 323 g/mol. The van der Waals surface area contributed by atoms with Gasteiger partial charge in [0.2, 0.25) is 0 Å². The fourth-order valence-corrected chi connectivity index (χ4v) is 2.41. The van der Waals surface area contributed by atoms with Crippen molar-refractivity contribution in [2.45, 2.75) is 39.3 Å². The average molecular weight is 339 g/mol. The normalized spacial score (nSPS) is 14.8. The first-order chi connectivity index (χ1) is 9.56. The monoisotopic (exact) mass is 338 g/mol. The molecule has 0 atom stereocenters. The lowest BCUT2D eigenvalue weighted by molar-refractivity contribution is 0.606. The average Bonchev–Trinajstić information content (AvgIpc) is 3.21. The highest BCUT2D eigenvalue weighted by Crippen LogP contribution is 2.25. The molecule has 1 N–H and O–H groups in total. The van der Waals surface area contributed by atoms with Crippen molar-refractivity contribution < 1.29 is 4.39 Å². The maximum atomic E-state index is 13.5. The van der Waals surface area contributed by atoms with E-state index >= 15 is 0 Å². The molecule has 0 aromatic carbocycles. The summed E-state index contributed by atoms with van der Waals surface area (Å²) in [4.78, 5) is 4.23. The standard InChI is InChI=1S/C14H16BrFN4/c1-8-13(15)9(2)20(19-8)14-10(5-11(16)7-18-14)6-17-12-3-4-12/h5,7,12,17H,3-4,6H2,1-2H3. The van der Waals surface area contributed by atoms with Crippen molar-refractivity contribution in [2.24, 2.45) is 0 Å². The van der Waals surface area contributed by atoms with E-state index in [1.165, 1.54) is 25.1 Å². The van der Waals surface area contributed by atoms with Gasteiger partial charge >= 0.3 is 0 Å². The summed E-state index contributed by atoms with van der Waals surface area (Å²) in [5.41, 5.74) is 2.69. The smallest absolute Gasteiger partial charge is 0.158 e. The summed E-state index contributed by atoms with van der Waals surface area (Å²) >= 11 is 3.51. The van der Waals surface area contributed by atoms with E-state index in [1.807, 2.05) is 13.8 Å². The Kier molecular flexibility index (Phi) is 3.60. The minimum atomic E-state index is -0.318. The molecule has 1 aliphatic carbocycles. The summed E-state index contributed by atoms with van der Waals surface area (Å²) < 4.78 is 16.2. The fraction of sp³-hybridized carbons (Fsp3) is 0.429. The Bertz CT molecular complexity index is 649. The molecule has 106 valence electrons. The summed E-state index contributed by atoms with van der Waals surface area (Å²) in [7, 11) is 0. The summed E-state index contributed by atoms with van der Waals surface area (Å²) in [5.74, 6) is 0.368. The number of aromatic nitrogens is 3. The van der Waals surface area contributed by atoms with Gasteiger partial charge < -0.3 is 5.32 Å². The number of halogens is 2. The molecule has 2 aromatic heterocycles. The number of hydrogen-bond acceptors (Lipinski definition) is 3. The Morgan fingerprint density at radius 1 is 1.45 bits per heavy atom. The summed E-state index contributed by atoms with van der Waals surface area (Å²) in [6.45, 7) is 4.51. The quantitative estimate of drug-likeness (QED) is 0.931. The number of pyridine rings is 1. The Balaban J connectivity index is 2.00. The topological polar surface area (TPSA) is 42.7 Å². The Morgan fingerprint density at radius 3 is 2.80 bits per heavy atom. The summed E-state index contributed by atoms with van der Waals surface area (Å²) in [6.07, 6.45) is 3.63. The molecule has 4 nitrogen and oxygen atoms in total. The van der Waals surface area contributed by atoms with Gasteiger partial charge in [0.15, 0.2) is 5.82 Å².